The molecular weight excluding hydrogens is 260 g/mol. The molecule has 1 aromatic heterocycles. The summed E-state index contributed by atoms with van der Waals surface area (Å²) in [6.45, 7) is 10.7. The van der Waals surface area contributed by atoms with Gasteiger partial charge in [-0.2, -0.15) is 0 Å². The van der Waals surface area contributed by atoms with Gasteiger partial charge in [-0.15, -0.1) is 0 Å². The van der Waals surface area contributed by atoms with Crippen LogP contribution in [0.15, 0.2) is 6.20 Å². The molecule has 0 radical (unpaired) electrons. The van der Waals surface area contributed by atoms with Crippen molar-refractivity contribution in [1.29, 1.82) is 0 Å². The van der Waals surface area contributed by atoms with Crippen LogP contribution in [0.5, 0.6) is 0 Å². The van der Waals surface area contributed by atoms with Gasteiger partial charge < -0.3 is 10.2 Å². The minimum absolute atomic E-state index is 0.374. The molecule has 1 saturated carbocycles. The molecule has 1 atom stereocenters. The van der Waals surface area contributed by atoms with Gasteiger partial charge in [0.25, 0.3) is 0 Å². The first-order valence-corrected chi connectivity index (χ1v) is 8.31. The molecule has 0 bridgehead atoms. The number of hydrogen-bond donors (Lipinski definition) is 1. The smallest absolute Gasteiger partial charge is 0.131 e. The minimum Gasteiger partial charge on any atom is -0.372 e. The second-order valence-electron chi connectivity index (χ2n) is 6.76. The fraction of sp³-hybridized carbons (Fsp3) is 0.765. The number of rotatable bonds is 8. The summed E-state index contributed by atoms with van der Waals surface area (Å²) in [7, 11) is 2.15. The Morgan fingerprint density at radius 1 is 1.33 bits per heavy atom. The molecule has 1 fully saturated rings. The van der Waals surface area contributed by atoms with E-state index in [2.05, 4.69) is 49.9 Å². The summed E-state index contributed by atoms with van der Waals surface area (Å²) < 4.78 is 0. The fourth-order valence-electron chi connectivity index (χ4n) is 2.38. The minimum atomic E-state index is 0.374. The Balaban J connectivity index is 2.15. The van der Waals surface area contributed by atoms with Gasteiger partial charge >= 0.3 is 0 Å². The fourth-order valence-corrected chi connectivity index (χ4v) is 2.38. The van der Waals surface area contributed by atoms with Gasteiger partial charge in [0.1, 0.15) is 5.82 Å². The molecule has 1 aromatic rings. The van der Waals surface area contributed by atoms with Gasteiger partial charge in [0.05, 0.1) is 17.6 Å². The van der Waals surface area contributed by atoms with Crippen molar-refractivity contribution in [3.05, 3.63) is 17.7 Å². The summed E-state index contributed by atoms with van der Waals surface area (Å²) in [6.07, 6.45) is 5.82. The van der Waals surface area contributed by atoms with Gasteiger partial charge in [0.15, 0.2) is 0 Å². The van der Waals surface area contributed by atoms with E-state index in [-0.39, 0.29) is 0 Å². The lowest BCUT2D eigenvalue weighted by Gasteiger charge is -2.25. The molecule has 1 heterocycles. The van der Waals surface area contributed by atoms with Crippen molar-refractivity contribution in [1.82, 2.24) is 15.3 Å². The van der Waals surface area contributed by atoms with Crippen LogP contribution >= 0.6 is 0 Å². The van der Waals surface area contributed by atoms with E-state index in [4.69, 9.17) is 4.98 Å². The first-order valence-electron chi connectivity index (χ1n) is 8.31. The van der Waals surface area contributed by atoms with Crippen LogP contribution in [-0.4, -0.2) is 29.6 Å². The molecule has 2 rings (SSSR count). The standard InChI is InChI=1S/C17H30N4/c1-6-13(4)11-21(5)16-10-19-17(12(2)3)20-15(16)9-18-14-7-8-14/h10,12-14,18H,6-9,11H2,1-5H3. The average molecular weight is 290 g/mol. The summed E-state index contributed by atoms with van der Waals surface area (Å²) in [5.74, 6) is 2.01. The first kappa shape index (κ1) is 16.2. The van der Waals surface area contributed by atoms with Gasteiger partial charge in [0, 0.05) is 32.1 Å². The SMILES string of the molecule is CCC(C)CN(C)c1cnc(C(C)C)nc1CNC1CC1. The van der Waals surface area contributed by atoms with Gasteiger partial charge in [-0.3, -0.25) is 0 Å². The Morgan fingerprint density at radius 3 is 2.62 bits per heavy atom. The predicted octanol–water partition coefficient (Wildman–Crippen LogP) is 3.33. The Morgan fingerprint density at radius 2 is 2.05 bits per heavy atom. The molecule has 21 heavy (non-hydrogen) atoms. The highest BCUT2D eigenvalue weighted by Crippen LogP contribution is 2.23. The van der Waals surface area contributed by atoms with Crippen LogP contribution in [0.2, 0.25) is 0 Å². The maximum atomic E-state index is 4.81. The zero-order valence-corrected chi connectivity index (χ0v) is 14.2. The van der Waals surface area contributed by atoms with Crippen LogP contribution in [0.3, 0.4) is 0 Å². The van der Waals surface area contributed by atoms with Crippen molar-refractivity contribution >= 4 is 5.69 Å². The van der Waals surface area contributed by atoms with E-state index in [9.17, 15) is 0 Å². The first-order chi connectivity index (χ1) is 10.0. The largest absolute Gasteiger partial charge is 0.372 e. The lowest BCUT2D eigenvalue weighted by molar-refractivity contribution is 0.556. The van der Waals surface area contributed by atoms with Crippen LogP contribution in [0.25, 0.3) is 0 Å². The molecule has 0 spiro atoms. The van der Waals surface area contributed by atoms with E-state index in [0.29, 0.717) is 17.9 Å². The van der Waals surface area contributed by atoms with Crippen molar-refractivity contribution in [2.24, 2.45) is 5.92 Å². The predicted molar refractivity (Wildman–Crippen MR) is 88.7 cm³/mol. The summed E-state index contributed by atoms with van der Waals surface area (Å²) in [6, 6.07) is 0.704. The zero-order chi connectivity index (χ0) is 15.4. The van der Waals surface area contributed by atoms with Crippen LogP contribution in [-0.2, 0) is 6.54 Å². The van der Waals surface area contributed by atoms with Crippen molar-refractivity contribution < 1.29 is 0 Å². The Kier molecular flexibility index (Phi) is 5.57. The van der Waals surface area contributed by atoms with Gasteiger partial charge in [-0.05, 0) is 18.8 Å². The quantitative estimate of drug-likeness (QED) is 0.797. The van der Waals surface area contributed by atoms with E-state index in [1.165, 1.54) is 24.9 Å². The van der Waals surface area contributed by atoms with Gasteiger partial charge in [-0.25, -0.2) is 9.97 Å². The molecule has 4 heteroatoms. The van der Waals surface area contributed by atoms with E-state index < -0.39 is 0 Å². The molecular formula is C17H30N4. The van der Waals surface area contributed by atoms with Crippen LogP contribution < -0.4 is 10.2 Å². The monoisotopic (exact) mass is 290 g/mol. The Bertz CT molecular complexity index is 454. The second-order valence-corrected chi connectivity index (χ2v) is 6.76. The number of anilines is 1. The Labute approximate surface area is 129 Å². The highest BCUT2D eigenvalue weighted by molar-refractivity contribution is 5.48. The van der Waals surface area contributed by atoms with Crippen molar-refractivity contribution in [2.45, 2.75) is 65.5 Å². The van der Waals surface area contributed by atoms with Crippen LogP contribution in [0, 0.1) is 5.92 Å². The second kappa shape index (κ2) is 7.21. The topological polar surface area (TPSA) is 41.1 Å². The molecule has 1 N–H and O–H groups in total. The number of aromatic nitrogens is 2. The molecule has 1 unspecified atom stereocenters. The highest BCUT2D eigenvalue weighted by Gasteiger charge is 2.22. The number of nitrogens with zero attached hydrogens (tertiary/aromatic N) is 3. The maximum absolute atomic E-state index is 4.81. The Hall–Kier alpha value is -1.16. The summed E-state index contributed by atoms with van der Waals surface area (Å²) in [5.41, 5.74) is 2.32. The van der Waals surface area contributed by atoms with E-state index in [1.54, 1.807) is 0 Å². The third kappa shape index (κ3) is 4.67. The molecule has 1 aliphatic rings. The van der Waals surface area contributed by atoms with Gasteiger partial charge in [-0.1, -0.05) is 34.1 Å². The summed E-state index contributed by atoms with van der Waals surface area (Å²) in [4.78, 5) is 11.7. The third-order valence-corrected chi connectivity index (χ3v) is 4.21. The molecule has 0 aromatic carbocycles. The molecule has 4 nitrogen and oxygen atoms in total. The summed E-state index contributed by atoms with van der Waals surface area (Å²) >= 11 is 0. The average Bonchev–Trinajstić information content (AvgIpc) is 3.28. The normalized spacial score (nSPS) is 16.3. The van der Waals surface area contributed by atoms with Crippen molar-refractivity contribution in [3.8, 4) is 0 Å². The highest BCUT2D eigenvalue weighted by atomic mass is 15.1. The zero-order valence-electron chi connectivity index (χ0n) is 14.2. The molecule has 1 aliphatic carbocycles. The van der Waals surface area contributed by atoms with E-state index >= 15 is 0 Å². The van der Waals surface area contributed by atoms with Crippen LogP contribution in [0.1, 0.15) is 64.4 Å². The molecule has 0 saturated heterocycles. The molecule has 0 aliphatic heterocycles. The summed E-state index contributed by atoms with van der Waals surface area (Å²) in [5, 5.41) is 3.58. The number of nitrogens with one attached hydrogen (secondary N) is 1. The van der Waals surface area contributed by atoms with E-state index in [0.717, 1.165) is 24.6 Å². The third-order valence-electron chi connectivity index (χ3n) is 4.21. The van der Waals surface area contributed by atoms with Crippen molar-refractivity contribution in [3.63, 3.8) is 0 Å². The van der Waals surface area contributed by atoms with Crippen molar-refractivity contribution in [2.75, 3.05) is 18.5 Å². The molecule has 118 valence electrons. The number of hydrogen-bond acceptors (Lipinski definition) is 4. The molecule has 0 amide bonds. The van der Waals surface area contributed by atoms with E-state index in [1.807, 2.05) is 6.20 Å². The lowest BCUT2D eigenvalue weighted by atomic mass is 10.1. The van der Waals surface area contributed by atoms with Gasteiger partial charge in [0.2, 0.25) is 0 Å². The lowest BCUT2D eigenvalue weighted by Crippen LogP contribution is -2.27. The maximum Gasteiger partial charge on any atom is 0.131 e. The van der Waals surface area contributed by atoms with Crippen LogP contribution in [0.4, 0.5) is 5.69 Å².